The zero-order valence-corrected chi connectivity index (χ0v) is 14.9. The molecule has 0 unspecified atom stereocenters. The lowest BCUT2D eigenvalue weighted by Crippen LogP contribution is -3.06. The Labute approximate surface area is 144 Å². The van der Waals surface area contributed by atoms with E-state index >= 15 is 0 Å². The smallest absolute Gasteiger partial charge is 0.258 e. The molecule has 4 heteroatoms. The molecule has 0 aliphatic carbocycles. The zero-order valence-electron chi connectivity index (χ0n) is 14.9. The molecule has 0 spiro atoms. The van der Waals surface area contributed by atoms with Crippen molar-refractivity contribution in [2.45, 2.75) is 19.9 Å². The van der Waals surface area contributed by atoms with Crippen LogP contribution in [0.1, 0.15) is 22.7 Å². The number of amides is 1. The fourth-order valence-electron chi connectivity index (χ4n) is 2.75. The molecule has 0 aliphatic rings. The Bertz CT molecular complexity index is 648. The summed E-state index contributed by atoms with van der Waals surface area (Å²) in [6.45, 7) is 4.88. The molecule has 2 rings (SSSR count). The van der Waals surface area contributed by atoms with Gasteiger partial charge >= 0.3 is 0 Å². The second-order valence-corrected chi connectivity index (χ2v) is 6.55. The molecule has 1 amide bonds. The summed E-state index contributed by atoms with van der Waals surface area (Å²) in [6.07, 6.45) is 0. The molecule has 2 N–H and O–H groups in total. The summed E-state index contributed by atoms with van der Waals surface area (Å²) in [5, 5.41) is 3.08. The molecule has 1 atom stereocenters. The molecule has 0 fully saturated rings. The van der Waals surface area contributed by atoms with Gasteiger partial charge in [0, 0.05) is 0 Å². The first-order valence-electron chi connectivity index (χ1n) is 8.28. The zero-order chi connectivity index (χ0) is 17.5. The van der Waals surface area contributed by atoms with Gasteiger partial charge in [-0.2, -0.15) is 0 Å². The minimum atomic E-state index is -0.107. The lowest BCUT2D eigenvalue weighted by molar-refractivity contribution is -0.860. The van der Waals surface area contributed by atoms with Crippen LogP contribution in [0.5, 0.6) is 5.75 Å². The fraction of sp³-hybridized carbons (Fsp3) is 0.350. The monoisotopic (exact) mass is 327 g/mol. The van der Waals surface area contributed by atoms with E-state index in [0.29, 0.717) is 0 Å². The third-order valence-electron chi connectivity index (χ3n) is 3.71. The number of nitrogens with one attached hydrogen (secondary N) is 2. The lowest BCUT2D eigenvalue weighted by atomic mass is 10.1. The van der Waals surface area contributed by atoms with Gasteiger partial charge in [-0.25, -0.2) is 0 Å². The van der Waals surface area contributed by atoms with Gasteiger partial charge < -0.3 is 15.0 Å². The van der Waals surface area contributed by atoms with Crippen molar-refractivity contribution in [3.05, 3.63) is 65.2 Å². The van der Waals surface area contributed by atoms with E-state index in [9.17, 15) is 4.79 Å². The highest BCUT2D eigenvalue weighted by molar-refractivity contribution is 5.78. The summed E-state index contributed by atoms with van der Waals surface area (Å²) >= 11 is 0. The maximum absolute atomic E-state index is 12.3. The van der Waals surface area contributed by atoms with Gasteiger partial charge in [0.25, 0.3) is 5.91 Å². The molecular formula is C20H27N2O2+. The van der Waals surface area contributed by atoms with Crippen LogP contribution in [-0.4, -0.2) is 33.2 Å². The quantitative estimate of drug-likeness (QED) is 0.813. The van der Waals surface area contributed by atoms with E-state index in [4.69, 9.17) is 4.74 Å². The third kappa shape index (κ3) is 5.70. The molecule has 0 radical (unpaired) electrons. The van der Waals surface area contributed by atoms with E-state index in [0.717, 1.165) is 29.0 Å². The average molecular weight is 327 g/mol. The molecule has 2 aromatic carbocycles. The highest BCUT2D eigenvalue weighted by atomic mass is 16.5. The van der Waals surface area contributed by atoms with Crippen LogP contribution in [0.3, 0.4) is 0 Å². The SMILES string of the molecule is Cc1cc(C)cc(OCC(=O)N[C@@H](C[NH+](C)C)c2ccccc2)c1. The maximum Gasteiger partial charge on any atom is 0.258 e. The van der Waals surface area contributed by atoms with Crippen molar-refractivity contribution < 1.29 is 14.4 Å². The molecule has 0 aliphatic heterocycles. The van der Waals surface area contributed by atoms with Gasteiger partial charge in [-0.1, -0.05) is 36.4 Å². The standard InChI is InChI=1S/C20H26N2O2/c1-15-10-16(2)12-18(11-15)24-14-20(23)21-19(13-22(3)4)17-8-6-5-7-9-17/h5-12,19H,13-14H2,1-4H3,(H,21,23)/p+1/t19-/m0/s1. The Morgan fingerprint density at radius 1 is 1.08 bits per heavy atom. The van der Waals surface area contributed by atoms with Crippen molar-refractivity contribution in [3.63, 3.8) is 0 Å². The Morgan fingerprint density at radius 3 is 2.29 bits per heavy atom. The number of quaternary nitrogens is 1. The van der Waals surface area contributed by atoms with E-state index in [2.05, 4.69) is 25.5 Å². The first-order chi connectivity index (χ1) is 11.4. The van der Waals surface area contributed by atoms with Crippen molar-refractivity contribution in [1.29, 1.82) is 0 Å². The number of carbonyl (C=O) groups is 1. The largest absolute Gasteiger partial charge is 0.484 e. The summed E-state index contributed by atoms with van der Waals surface area (Å²) in [7, 11) is 4.15. The van der Waals surface area contributed by atoms with Crippen molar-refractivity contribution in [2.75, 3.05) is 27.2 Å². The first-order valence-corrected chi connectivity index (χ1v) is 8.28. The summed E-state index contributed by atoms with van der Waals surface area (Å²) < 4.78 is 5.65. The Balaban J connectivity index is 1.97. The molecule has 128 valence electrons. The van der Waals surface area contributed by atoms with Crippen LogP contribution in [0.2, 0.25) is 0 Å². The number of hydrogen-bond donors (Lipinski definition) is 2. The second kappa shape index (κ2) is 8.50. The van der Waals surface area contributed by atoms with Gasteiger partial charge in [-0.05, 0) is 42.7 Å². The van der Waals surface area contributed by atoms with E-state index in [-0.39, 0.29) is 18.6 Å². The number of rotatable bonds is 7. The van der Waals surface area contributed by atoms with Gasteiger partial charge in [0.1, 0.15) is 18.3 Å². The maximum atomic E-state index is 12.3. The van der Waals surface area contributed by atoms with Gasteiger partial charge in [0.05, 0.1) is 14.1 Å². The number of benzene rings is 2. The van der Waals surface area contributed by atoms with Crippen molar-refractivity contribution in [3.8, 4) is 5.75 Å². The van der Waals surface area contributed by atoms with Crippen molar-refractivity contribution in [2.24, 2.45) is 0 Å². The Morgan fingerprint density at radius 2 is 1.71 bits per heavy atom. The van der Waals surface area contributed by atoms with E-state index in [1.807, 2.05) is 56.3 Å². The number of ether oxygens (including phenoxy) is 1. The second-order valence-electron chi connectivity index (χ2n) is 6.55. The molecular weight excluding hydrogens is 300 g/mol. The molecule has 0 heterocycles. The number of carbonyl (C=O) groups excluding carboxylic acids is 1. The predicted molar refractivity (Wildman–Crippen MR) is 96.4 cm³/mol. The molecule has 4 nitrogen and oxygen atoms in total. The summed E-state index contributed by atoms with van der Waals surface area (Å²) in [5.41, 5.74) is 3.37. The molecule has 0 saturated heterocycles. The van der Waals surface area contributed by atoms with Gasteiger partial charge in [0.2, 0.25) is 0 Å². The number of hydrogen-bond acceptors (Lipinski definition) is 2. The van der Waals surface area contributed by atoms with Crippen LogP contribution in [0.25, 0.3) is 0 Å². The predicted octanol–water partition coefficient (Wildman–Crippen LogP) is 1.68. The molecule has 0 bridgehead atoms. The van der Waals surface area contributed by atoms with E-state index in [1.54, 1.807) is 0 Å². The van der Waals surface area contributed by atoms with Crippen LogP contribution in [0.15, 0.2) is 48.5 Å². The topological polar surface area (TPSA) is 42.8 Å². The third-order valence-corrected chi connectivity index (χ3v) is 3.71. The lowest BCUT2D eigenvalue weighted by Gasteiger charge is -2.21. The summed E-state index contributed by atoms with van der Waals surface area (Å²) in [6, 6.07) is 16.0. The van der Waals surface area contributed by atoms with Crippen LogP contribution >= 0.6 is 0 Å². The summed E-state index contributed by atoms with van der Waals surface area (Å²) in [4.78, 5) is 13.6. The normalized spacial score (nSPS) is 12.0. The summed E-state index contributed by atoms with van der Waals surface area (Å²) in [5.74, 6) is 0.626. The highest BCUT2D eigenvalue weighted by Crippen LogP contribution is 2.16. The highest BCUT2D eigenvalue weighted by Gasteiger charge is 2.17. The van der Waals surface area contributed by atoms with Crippen LogP contribution in [0.4, 0.5) is 0 Å². The number of aryl methyl sites for hydroxylation is 2. The minimum absolute atomic E-state index is 0.0217. The van der Waals surface area contributed by atoms with Crippen molar-refractivity contribution in [1.82, 2.24) is 5.32 Å². The van der Waals surface area contributed by atoms with E-state index in [1.165, 1.54) is 4.90 Å². The van der Waals surface area contributed by atoms with Gasteiger partial charge in [-0.15, -0.1) is 0 Å². The van der Waals surface area contributed by atoms with E-state index < -0.39 is 0 Å². The van der Waals surface area contributed by atoms with Gasteiger partial charge in [-0.3, -0.25) is 4.79 Å². The first kappa shape index (κ1) is 18.0. The molecule has 0 aromatic heterocycles. The van der Waals surface area contributed by atoms with Crippen molar-refractivity contribution >= 4 is 5.91 Å². The minimum Gasteiger partial charge on any atom is -0.484 e. The molecule has 24 heavy (non-hydrogen) atoms. The Kier molecular flexibility index (Phi) is 6.38. The molecule has 2 aromatic rings. The fourth-order valence-corrected chi connectivity index (χ4v) is 2.75. The Hall–Kier alpha value is -2.33. The van der Waals surface area contributed by atoms with Crippen LogP contribution in [-0.2, 0) is 4.79 Å². The van der Waals surface area contributed by atoms with Gasteiger partial charge in [0.15, 0.2) is 6.61 Å². The molecule has 0 saturated carbocycles. The average Bonchev–Trinajstić information content (AvgIpc) is 2.52. The van der Waals surface area contributed by atoms with Crippen LogP contribution < -0.4 is 15.0 Å². The van der Waals surface area contributed by atoms with Crippen LogP contribution in [0, 0.1) is 13.8 Å². The number of likely N-dealkylation sites (N-methyl/N-ethyl adjacent to an activating group) is 1.